The van der Waals surface area contributed by atoms with Crippen molar-refractivity contribution in [2.24, 2.45) is 0 Å². The van der Waals surface area contributed by atoms with Crippen molar-refractivity contribution in [3.05, 3.63) is 35.9 Å². The Morgan fingerprint density at radius 1 is 1.26 bits per heavy atom. The van der Waals surface area contributed by atoms with Crippen LogP contribution < -0.4 is 0 Å². The Bertz CT molecular complexity index is 720. The van der Waals surface area contributed by atoms with Gasteiger partial charge in [0.25, 0.3) is 0 Å². The summed E-state index contributed by atoms with van der Waals surface area (Å²) < 4.78 is 11.7. The van der Waals surface area contributed by atoms with E-state index in [1.54, 1.807) is 4.90 Å². The van der Waals surface area contributed by atoms with Crippen molar-refractivity contribution in [2.75, 3.05) is 6.61 Å². The van der Waals surface area contributed by atoms with Crippen LogP contribution in [0.5, 0.6) is 0 Å². The van der Waals surface area contributed by atoms with Gasteiger partial charge in [0.15, 0.2) is 0 Å². The molecule has 1 saturated heterocycles. The van der Waals surface area contributed by atoms with Crippen LogP contribution in [0.2, 0.25) is 19.6 Å². The fourth-order valence-corrected chi connectivity index (χ4v) is 3.69. The molecule has 1 fully saturated rings. The van der Waals surface area contributed by atoms with Crippen LogP contribution in [0, 0.1) is 11.5 Å². The van der Waals surface area contributed by atoms with Gasteiger partial charge in [0.2, 0.25) is 0 Å². The molecular weight excluding hydrogens is 354 g/mol. The van der Waals surface area contributed by atoms with Gasteiger partial charge in [0.05, 0.1) is 18.6 Å². The number of nitrogens with zero attached hydrogens (tertiary/aromatic N) is 1. The molecule has 0 saturated carbocycles. The highest BCUT2D eigenvalue weighted by atomic mass is 28.3. The van der Waals surface area contributed by atoms with Crippen LogP contribution in [0.1, 0.15) is 46.1 Å². The summed E-state index contributed by atoms with van der Waals surface area (Å²) in [5.41, 5.74) is 3.29. The summed E-state index contributed by atoms with van der Waals surface area (Å²) in [5.74, 6) is 3.37. The number of benzene rings is 1. The summed E-state index contributed by atoms with van der Waals surface area (Å²) in [4.78, 5) is 14.7. The van der Waals surface area contributed by atoms with Gasteiger partial charge in [-0.2, -0.15) is 0 Å². The molecule has 0 unspecified atom stereocenters. The van der Waals surface area contributed by atoms with Crippen molar-refractivity contribution >= 4 is 14.2 Å². The van der Waals surface area contributed by atoms with Crippen molar-refractivity contribution in [1.29, 1.82) is 0 Å². The molecule has 0 bridgehead atoms. The molecule has 2 rings (SSSR count). The Labute approximate surface area is 165 Å². The van der Waals surface area contributed by atoms with Crippen LogP contribution in [-0.2, 0) is 9.47 Å². The summed E-state index contributed by atoms with van der Waals surface area (Å²) >= 11 is 0. The van der Waals surface area contributed by atoms with Crippen molar-refractivity contribution in [3.8, 4) is 11.5 Å². The predicted molar refractivity (Wildman–Crippen MR) is 112 cm³/mol. The minimum Gasteiger partial charge on any atom is -0.444 e. The molecule has 1 amide bonds. The molecule has 4 nitrogen and oxygen atoms in total. The van der Waals surface area contributed by atoms with E-state index in [1.165, 1.54) is 0 Å². The first-order valence-electron chi connectivity index (χ1n) is 9.54. The highest BCUT2D eigenvalue weighted by Gasteiger charge is 2.48. The van der Waals surface area contributed by atoms with E-state index in [4.69, 9.17) is 9.47 Å². The number of ether oxygens (including phenoxy) is 2. The van der Waals surface area contributed by atoms with Gasteiger partial charge < -0.3 is 9.47 Å². The van der Waals surface area contributed by atoms with Gasteiger partial charge in [-0.05, 0) is 40.2 Å². The van der Waals surface area contributed by atoms with Crippen LogP contribution >= 0.6 is 0 Å². The van der Waals surface area contributed by atoms with Crippen molar-refractivity contribution < 1.29 is 14.3 Å². The molecule has 148 valence electrons. The molecule has 1 aliphatic rings. The van der Waals surface area contributed by atoms with E-state index in [1.807, 2.05) is 52.8 Å². The van der Waals surface area contributed by atoms with Gasteiger partial charge in [0.1, 0.15) is 19.4 Å². The summed E-state index contributed by atoms with van der Waals surface area (Å²) in [6, 6.07) is 9.97. The third kappa shape index (κ3) is 5.85. The summed E-state index contributed by atoms with van der Waals surface area (Å²) in [6.07, 6.45) is -0.356. The zero-order valence-electron chi connectivity index (χ0n) is 17.9. The zero-order chi connectivity index (χ0) is 20.5. The van der Waals surface area contributed by atoms with Crippen molar-refractivity contribution in [3.63, 3.8) is 0 Å². The molecule has 0 aliphatic carbocycles. The fraction of sp³-hybridized carbons (Fsp3) is 0.591. The molecule has 1 aromatic rings. The number of rotatable bonds is 2. The van der Waals surface area contributed by atoms with E-state index < -0.39 is 19.4 Å². The third-order valence-electron chi connectivity index (χ3n) is 4.26. The second-order valence-corrected chi connectivity index (χ2v) is 14.3. The zero-order valence-corrected chi connectivity index (χ0v) is 18.9. The summed E-state index contributed by atoms with van der Waals surface area (Å²) in [5, 5.41) is 0. The van der Waals surface area contributed by atoms with E-state index in [-0.39, 0.29) is 18.1 Å². The molecule has 1 aromatic carbocycles. The molecule has 5 heteroatoms. The molecule has 2 atom stereocenters. The predicted octanol–water partition coefficient (Wildman–Crippen LogP) is 5.02. The number of carbonyl (C=O) groups excluding carboxylic acids is 1. The van der Waals surface area contributed by atoms with Gasteiger partial charge in [0, 0.05) is 0 Å². The van der Waals surface area contributed by atoms with E-state index in [0.29, 0.717) is 6.61 Å². The second-order valence-electron chi connectivity index (χ2n) is 9.58. The average Bonchev–Trinajstić information content (AvgIpc) is 2.81. The highest BCUT2D eigenvalue weighted by molar-refractivity contribution is 6.83. The van der Waals surface area contributed by atoms with Crippen LogP contribution in [0.4, 0.5) is 4.79 Å². The number of amides is 1. The first kappa shape index (κ1) is 21.5. The van der Waals surface area contributed by atoms with Gasteiger partial charge in [-0.3, -0.25) is 4.90 Å². The van der Waals surface area contributed by atoms with Crippen LogP contribution in [0.3, 0.4) is 0 Å². The Morgan fingerprint density at radius 2 is 1.85 bits per heavy atom. The van der Waals surface area contributed by atoms with E-state index >= 15 is 0 Å². The Balaban J connectivity index is 2.46. The Morgan fingerprint density at radius 3 is 2.37 bits per heavy atom. The molecular formula is C22H33NO3Si. The van der Waals surface area contributed by atoms with Crippen molar-refractivity contribution in [2.45, 2.75) is 77.5 Å². The highest BCUT2D eigenvalue weighted by Crippen LogP contribution is 2.36. The SMILES string of the molecule is CC(C)(C)OC(=O)N1[C@@H]([C@H](C#C[Si](C)(C)C)c2ccccc2)COC1(C)C. The van der Waals surface area contributed by atoms with E-state index in [0.717, 1.165) is 5.56 Å². The molecule has 0 radical (unpaired) electrons. The molecule has 0 aromatic heterocycles. The third-order valence-corrected chi connectivity index (χ3v) is 5.15. The Hall–Kier alpha value is -1.77. The number of hydrogen-bond donors (Lipinski definition) is 0. The van der Waals surface area contributed by atoms with Crippen molar-refractivity contribution in [1.82, 2.24) is 4.90 Å². The first-order valence-corrected chi connectivity index (χ1v) is 13.0. The van der Waals surface area contributed by atoms with E-state index in [9.17, 15) is 4.79 Å². The van der Waals surface area contributed by atoms with Gasteiger partial charge in [-0.15, -0.1) is 5.54 Å². The number of hydrogen-bond acceptors (Lipinski definition) is 3. The lowest BCUT2D eigenvalue weighted by Crippen LogP contribution is -2.51. The largest absolute Gasteiger partial charge is 0.444 e. The maximum absolute atomic E-state index is 13.0. The standard InChI is InChI=1S/C22H33NO3Si/c1-21(2,3)26-20(24)23-19(16-25-22(23,4)5)18(14-15-27(6,7)8)17-12-10-9-11-13-17/h9-13,18-19H,16H2,1-8H3/t18-,19-/m1/s1. The van der Waals surface area contributed by atoms with Crippen LogP contribution in [0.25, 0.3) is 0 Å². The molecule has 1 aliphatic heterocycles. The monoisotopic (exact) mass is 387 g/mol. The Kier molecular flexibility index (Phi) is 6.13. The molecule has 0 spiro atoms. The lowest BCUT2D eigenvalue weighted by molar-refractivity contribution is -0.0627. The topological polar surface area (TPSA) is 38.8 Å². The second kappa shape index (κ2) is 7.69. The normalized spacial score (nSPS) is 20.6. The van der Waals surface area contributed by atoms with Gasteiger partial charge in [-0.1, -0.05) is 55.9 Å². The number of carbonyl (C=O) groups is 1. The lowest BCUT2D eigenvalue weighted by atomic mass is 9.91. The smallest absolute Gasteiger partial charge is 0.412 e. The van der Waals surface area contributed by atoms with Crippen LogP contribution in [0.15, 0.2) is 30.3 Å². The van der Waals surface area contributed by atoms with Gasteiger partial charge >= 0.3 is 6.09 Å². The molecule has 1 heterocycles. The molecule has 0 N–H and O–H groups in total. The maximum atomic E-state index is 13.0. The molecule has 27 heavy (non-hydrogen) atoms. The fourth-order valence-electron chi connectivity index (χ4n) is 3.10. The first-order chi connectivity index (χ1) is 12.3. The summed E-state index contributed by atoms with van der Waals surface area (Å²) in [7, 11) is -1.56. The van der Waals surface area contributed by atoms with Gasteiger partial charge in [-0.25, -0.2) is 4.79 Å². The quantitative estimate of drug-likeness (QED) is 0.528. The lowest BCUT2D eigenvalue weighted by Gasteiger charge is -2.36. The minimum atomic E-state index is -1.56. The van der Waals surface area contributed by atoms with Crippen LogP contribution in [-0.4, -0.2) is 43.0 Å². The minimum absolute atomic E-state index is 0.118. The maximum Gasteiger partial charge on any atom is 0.412 e. The summed E-state index contributed by atoms with van der Waals surface area (Å²) in [6.45, 7) is 16.6. The average molecular weight is 388 g/mol. The van der Waals surface area contributed by atoms with E-state index in [2.05, 4.69) is 43.2 Å².